The van der Waals surface area contributed by atoms with Crippen molar-refractivity contribution in [1.29, 1.82) is 0 Å². The molecule has 2 amide bonds. The number of ether oxygens (including phenoxy) is 1. The minimum atomic E-state index is -0.180. The van der Waals surface area contributed by atoms with Gasteiger partial charge in [-0.1, -0.05) is 59.9 Å². The van der Waals surface area contributed by atoms with Crippen LogP contribution in [0.1, 0.15) is 44.0 Å². The van der Waals surface area contributed by atoms with Crippen LogP contribution < -0.4 is 20.9 Å². The van der Waals surface area contributed by atoms with Crippen LogP contribution in [0.4, 0.5) is 16.5 Å². The van der Waals surface area contributed by atoms with Crippen LogP contribution >= 0.6 is 11.3 Å². The van der Waals surface area contributed by atoms with Gasteiger partial charge in [-0.3, -0.25) is 9.59 Å². The van der Waals surface area contributed by atoms with Gasteiger partial charge < -0.3 is 25.6 Å². The molecule has 41 heavy (non-hydrogen) atoms. The van der Waals surface area contributed by atoms with Gasteiger partial charge in [0.1, 0.15) is 4.88 Å². The first-order chi connectivity index (χ1) is 20.0. The van der Waals surface area contributed by atoms with E-state index in [2.05, 4.69) is 33.0 Å². The maximum atomic E-state index is 13.5. The summed E-state index contributed by atoms with van der Waals surface area (Å²) >= 11 is 1.31. The largest absolute Gasteiger partial charge is 0.378 e. The highest BCUT2D eigenvalue weighted by atomic mass is 32.1. The van der Waals surface area contributed by atoms with Crippen LogP contribution in [-0.4, -0.2) is 49.1 Å². The quantitative estimate of drug-likeness (QED) is 0.247. The molecule has 0 spiro atoms. The summed E-state index contributed by atoms with van der Waals surface area (Å²) in [5.41, 5.74) is 6.00. The Bertz CT molecular complexity index is 1530. The molecular weight excluding hydrogens is 534 g/mol. The maximum absolute atomic E-state index is 13.5. The molecule has 3 aromatic carbocycles. The third-order valence-corrected chi connectivity index (χ3v) is 8.27. The highest BCUT2D eigenvalue weighted by Crippen LogP contribution is 2.35. The Balaban J connectivity index is 1.27. The molecular formula is C32H33N5O3S. The Morgan fingerprint density at radius 1 is 0.976 bits per heavy atom. The number of hydrogen-bond donors (Lipinski definition) is 3. The van der Waals surface area contributed by atoms with Crippen LogP contribution in [0.25, 0.3) is 11.3 Å². The van der Waals surface area contributed by atoms with E-state index in [1.54, 1.807) is 0 Å². The first-order valence-corrected chi connectivity index (χ1v) is 14.8. The van der Waals surface area contributed by atoms with E-state index in [4.69, 9.17) is 9.72 Å². The number of amides is 2. The average molecular weight is 568 g/mol. The average Bonchev–Trinajstić information content (AvgIpc) is 3.73. The number of thiazole rings is 1. The zero-order chi connectivity index (χ0) is 28.2. The Morgan fingerprint density at radius 2 is 1.73 bits per heavy atom. The summed E-state index contributed by atoms with van der Waals surface area (Å²) in [4.78, 5) is 33.8. The molecule has 1 saturated heterocycles. The van der Waals surface area contributed by atoms with Gasteiger partial charge in [-0.05, 0) is 55.2 Å². The summed E-state index contributed by atoms with van der Waals surface area (Å²) in [5.74, 6) is -0.252. The summed E-state index contributed by atoms with van der Waals surface area (Å²) < 4.78 is 5.49. The van der Waals surface area contributed by atoms with Gasteiger partial charge in [-0.15, -0.1) is 0 Å². The Hall–Kier alpha value is -4.21. The van der Waals surface area contributed by atoms with E-state index in [1.165, 1.54) is 11.3 Å². The van der Waals surface area contributed by atoms with Gasteiger partial charge in [0.15, 0.2) is 5.13 Å². The van der Waals surface area contributed by atoms with Gasteiger partial charge in [-0.2, -0.15) is 0 Å². The number of benzene rings is 3. The Morgan fingerprint density at radius 3 is 2.46 bits per heavy atom. The third kappa shape index (κ3) is 6.58. The minimum Gasteiger partial charge on any atom is -0.378 e. The topological polar surface area (TPSA) is 95.6 Å². The molecule has 1 aromatic heterocycles. The number of aromatic nitrogens is 1. The summed E-state index contributed by atoms with van der Waals surface area (Å²) in [6.45, 7) is 5.56. The second-order valence-electron chi connectivity index (χ2n) is 10.4. The number of hydrogen-bond acceptors (Lipinski definition) is 7. The molecule has 6 rings (SSSR count). The molecule has 0 radical (unpaired) electrons. The number of rotatable bonds is 9. The minimum absolute atomic E-state index is 0.0725. The predicted molar refractivity (Wildman–Crippen MR) is 163 cm³/mol. The number of anilines is 3. The lowest BCUT2D eigenvalue weighted by Gasteiger charge is -2.28. The lowest BCUT2D eigenvalue weighted by molar-refractivity contribution is 0.0944. The zero-order valence-corrected chi connectivity index (χ0v) is 23.8. The van der Waals surface area contributed by atoms with Crippen molar-refractivity contribution in [3.05, 3.63) is 94.4 Å². The van der Waals surface area contributed by atoms with Crippen molar-refractivity contribution >= 4 is 39.7 Å². The first-order valence-electron chi connectivity index (χ1n) is 14.0. The highest BCUT2D eigenvalue weighted by molar-refractivity contribution is 7.18. The maximum Gasteiger partial charge on any atom is 0.264 e. The van der Waals surface area contributed by atoms with Crippen LogP contribution in [0.15, 0.2) is 72.8 Å². The van der Waals surface area contributed by atoms with Gasteiger partial charge in [0.05, 0.1) is 18.9 Å². The molecule has 210 valence electrons. The van der Waals surface area contributed by atoms with Gasteiger partial charge in [0, 0.05) is 48.2 Å². The molecule has 8 nitrogen and oxygen atoms in total. The van der Waals surface area contributed by atoms with Crippen molar-refractivity contribution in [2.75, 3.05) is 36.5 Å². The van der Waals surface area contributed by atoms with Crippen LogP contribution in [0, 0.1) is 6.92 Å². The molecule has 2 heterocycles. The molecule has 9 heteroatoms. The number of carbonyl (C=O) groups is 2. The molecule has 1 saturated carbocycles. The molecule has 2 fully saturated rings. The van der Waals surface area contributed by atoms with Crippen molar-refractivity contribution in [3.63, 3.8) is 0 Å². The SMILES string of the molecule is Cc1ccc(C(=O)NC2CC2)cc1Nc1nc(-c2ccc(N3CCOCC3)cc2)c(C(=O)NCc2ccccc2)s1. The van der Waals surface area contributed by atoms with E-state index < -0.39 is 0 Å². The molecule has 3 N–H and O–H groups in total. The van der Waals surface area contributed by atoms with Crippen molar-refractivity contribution in [2.24, 2.45) is 0 Å². The molecule has 1 aliphatic heterocycles. The molecule has 4 aromatic rings. The molecule has 0 unspecified atom stereocenters. The fraction of sp³-hybridized carbons (Fsp3) is 0.281. The second-order valence-corrected chi connectivity index (χ2v) is 11.4. The fourth-order valence-electron chi connectivity index (χ4n) is 4.74. The number of nitrogens with one attached hydrogen (secondary N) is 3. The predicted octanol–water partition coefficient (Wildman–Crippen LogP) is 5.52. The van der Waals surface area contributed by atoms with Gasteiger partial charge >= 0.3 is 0 Å². The van der Waals surface area contributed by atoms with Crippen LogP contribution in [0.5, 0.6) is 0 Å². The van der Waals surface area contributed by atoms with Crippen LogP contribution in [0.3, 0.4) is 0 Å². The fourth-order valence-corrected chi connectivity index (χ4v) is 5.66. The monoisotopic (exact) mass is 567 g/mol. The van der Waals surface area contributed by atoms with Gasteiger partial charge in [-0.25, -0.2) is 4.98 Å². The number of morpholine rings is 1. The summed E-state index contributed by atoms with van der Waals surface area (Å²) in [5, 5.41) is 10.1. The highest BCUT2D eigenvalue weighted by Gasteiger charge is 2.24. The molecule has 2 aliphatic rings. The van der Waals surface area contributed by atoms with Crippen molar-refractivity contribution in [1.82, 2.24) is 15.6 Å². The van der Waals surface area contributed by atoms with Gasteiger partial charge in [0.25, 0.3) is 11.8 Å². The van der Waals surface area contributed by atoms with E-state index in [9.17, 15) is 9.59 Å². The molecule has 0 atom stereocenters. The zero-order valence-electron chi connectivity index (χ0n) is 23.0. The number of nitrogens with zero attached hydrogens (tertiary/aromatic N) is 2. The van der Waals surface area contributed by atoms with E-state index in [-0.39, 0.29) is 17.9 Å². The summed E-state index contributed by atoms with van der Waals surface area (Å²) in [6, 6.07) is 23.9. The Kier molecular flexibility index (Phi) is 7.98. The lowest BCUT2D eigenvalue weighted by atomic mass is 10.1. The van der Waals surface area contributed by atoms with Crippen molar-refractivity contribution < 1.29 is 14.3 Å². The van der Waals surface area contributed by atoms with E-state index in [0.29, 0.717) is 27.8 Å². The van der Waals surface area contributed by atoms with Gasteiger partial charge in [0.2, 0.25) is 0 Å². The van der Waals surface area contributed by atoms with Crippen molar-refractivity contribution in [3.8, 4) is 11.3 Å². The standard InChI is InChI=1S/C32H33N5O3S/c1-21-7-8-24(30(38)34-25-11-12-25)19-27(21)35-32-36-28(23-9-13-26(14-10-23)37-15-17-40-18-16-37)29(41-32)31(39)33-20-22-5-3-2-4-6-22/h2-10,13-14,19,25H,11-12,15-18,20H2,1H3,(H,33,39)(H,34,38)(H,35,36). The van der Waals surface area contributed by atoms with E-state index in [1.807, 2.05) is 67.6 Å². The van der Waals surface area contributed by atoms with E-state index in [0.717, 1.165) is 67.2 Å². The first kappa shape index (κ1) is 27.0. The van der Waals surface area contributed by atoms with Crippen molar-refractivity contribution in [2.45, 2.75) is 32.4 Å². The van der Waals surface area contributed by atoms with E-state index >= 15 is 0 Å². The summed E-state index contributed by atoms with van der Waals surface area (Å²) in [7, 11) is 0. The number of aryl methyl sites for hydroxylation is 1. The lowest BCUT2D eigenvalue weighted by Crippen LogP contribution is -2.36. The van der Waals surface area contributed by atoms with Crippen LogP contribution in [0.2, 0.25) is 0 Å². The normalized spacial score (nSPS) is 14.9. The van der Waals surface area contributed by atoms with Crippen LogP contribution in [-0.2, 0) is 11.3 Å². The third-order valence-electron chi connectivity index (χ3n) is 7.30. The number of carbonyl (C=O) groups excluding carboxylic acids is 2. The second kappa shape index (κ2) is 12.1. The molecule has 1 aliphatic carbocycles. The smallest absolute Gasteiger partial charge is 0.264 e. The summed E-state index contributed by atoms with van der Waals surface area (Å²) in [6.07, 6.45) is 2.07. The molecule has 0 bridgehead atoms. The Labute approximate surface area is 243 Å².